The van der Waals surface area contributed by atoms with Crippen LogP contribution in [0.1, 0.15) is 90.2 Å². The van der Waals surface area contributed by atoms with Gasteiger partial charge in [0.25, 0.3) is 0 Å². The second kappa shape index (κ2) is 13.4. The van der Waals surface area contributed by atoms with Gasteiger partial charge in [0.05, 0.1) is 6.61 Å². The molecule has 0 saturated carbocycles. The highest BCUT2D eigenvalue weighted by molar-refractivity contribution is 5.29. The van der Waals surface area contributed by atoms with Crippen LogP contribution in [-0.2, 0) is 0 Å². The average Bonchev–Trinajstić information content (AvgIpc) is 2.59. The maximum atomic E-state index is 5.83. The number of hydrogen-bond donors (Lipinski definition) is 1. The summed E-state index contributed by atoms with van der Waals surface area (Å²) in [5, 5.41) is 3.69. The molecule has 1 N–H and O–H groups in total. The fourth-order valence-electron chi connectivity index (χ4n) is 2.84. The molecule has 0 spiro atoms. The highest BCUT2D eigenvalue weighted by Crippen LogP contribution is 2.20. The van der Waals surface area contributed by atoms with Gasteiger partial charge in [-0.3, -0.25) is 0 Å². The highest BCUT2D eigenvalue weighted by atomic mass is 16.5. The number of hydrogen-bond acceptors (Lipinski definition) is 2. The smallest absolute Gasteiger partial charge is 0.119 e. The van der Waals surface area contributed by atoms with E-state index in [1.807, 2.05) is 0 Å². The zero-order valence-electron chi connectivity index (χ0n) is 15.6. The molecule has 1 aromatic rings. The first kappa shape index (κ1) is 20.0. The van der Waals surface area contributed by atoms with Gasteiger partial charge in [0, 0.05) is 6.04 Å². The Bertz CT molecular complexity index is 374. The summed E-state index contributed by atoms with van der Waals surface area (Å²) < 4.78 is 5.83. The first-order valence-corrected chi connectivity index (χ1v) is 9.77. The summed E-state index contributed by atoms with van der Waals surface area (Å²) in [6.07, 6.45) is 11.4. The molecular weight excluding hydrogens is 282 g/mol. The van der Waals surface area contributed by atoms with Crippen LogP contribution >= 0.6 is 0 Å². The molecule has 132 valence electrons. The van der Waals surface area contributed by atoms with Crippen LogP contribution in [0.15, 0.2) is 24.3 Å². The number of rotatable bonds is 14. The monoisotopic (exact) mass is 319 g/mol. The molecule has 0 amide bonds. The Hall–Kier alpha value is -1.02. The first-order valence-electron chi connectivity index (χ1n) is 9.77. The van der Waals surface area contributed by atoms with Crippen molar-refractivity contribution in [3.05, 3.63) is 29.8 Å². The summed E-state index contributed by atoms with van der Waals surface area (Å²) in [6, 6.07) is 9.14. The Balaban J connectivity index is 2.31. The lowest BCUT2D eigenvalue weighted by Gasteiger charge is -2.18. The average molecular weight is 320 g/mol. The van der Waals surface area contributed by atoms with Crippen molar-refractivity contribution >= 4 is 0 Å². The van der Waals surface area contributed by atoms with Gasteiger partial charge in [-0.2, -0.15) is 0 Å². The van der Waals surface area contributed by atoms with Crippen molar-refractivity contribution in [2.75, 3.05) is 13.2 Å². The Kier molecular flexibility index (Phi) is 11.7. The molecule has 0 radical (unpaired) electrons. The molecule has 0 bridgehead atoms. The Morgan fingerprint density at radius 3 is 2.09 bits per heavy atom. The van der Waals surface area contributed by atoms with Crippen LogP contribution in [0.25, 0.3) is 0 Å². The van der Waals surface area contributed by atoms with Crippen molar-refractivity contribution in [3.8, 4) is 5.75 Å². The lowest BCUT2D eigenvalue weighted by Crippen LogP contribution is -2.21. The second-order valence-corrected chi connectivity index (χ2v) is 6.45. The van der Waals surface area contributed by atoms with E-state index >= 15 is 0 Å². The van der Waals surface area contributed by atoms with Gasteiger partial charge in [0.15, 0.2) is 0 Å². The van der Waals surface area contributed by atoms with Crippen molar-refractivity contribution in [2.45, 2.75) is 84.6 Å². The van der Waals surface area contributed by atoms with Gasteiger partial charge in [-0.25, -0.2) is 0 Å². The Morgan fingerprint density at radius 2 is 1.48 bits per heavy atom. The van der Waals surface area contributed by atoms with Gasteiger partial charge >= 0.3 is 0 Å². The zero-order valence-corrected chi connectivity index (χ0v) is 15.6. The predicted octanol–water partition coefficient (Wildman–Crippen LogP) is 6.27. The molecule has 0 heterocycles. The standard InChI is InChI=1S/C21H37NO/c1-4-7-9-11-17-22-21(6-3)19-13-15-20(16-14-19)23-18-12-10-8-5-2/h13-16,21-22H,4-12,17-18H2,1-3H3. The molecule has 1 rings (SSSR count). The maximum Gasteiger partial charge on any atom is 0.119 e. The van der Waals surface area contributed by atoms with Gasteiger partial charge < -0.3 is 10.1 Å². The minimum Gasteiger partial charge on any atom is -0.494 e. The van der Waals surface area contributed by atoms with Crippen LogP contribution in [-0.4, -0.2) is 13.2 Å². The summed E-state index contributed by atoms with van der Waals surface area (Å²) in [6.45, 7) is 8.71. The van der Waals surface area contributed by atoms with Crippen LogP contribution in [0.5, 0.6) is 5.75 Å². The third-order valence-electron chi connectivity index (χ3n) is 4.38. The number of benzene rings is 1. The Labute approximate surface area is 144 Å². The quantitative estimate of drug-likeness (QED) is 0.408. The first-order chi connectivity index (χ1) is 11.3. The molecule has 0 fully saturated rings. The highest BCUT2D eigenvalue weighted by Gasteiger charge is 2.08. The lowest BCUT2D eigenvalue weighted by molar-refractivity contribution is 0.305. The van der Waals surface area contributed by atoms with Crippen molar-refractivity contribution in [2.24, 2.45) is 0 Å². The molecule has 1 unspecified atom stereocenters. The van der Waals surface area contributed by atoms with Crippen molar-refractivity contribution in [1.29, 1.82) is 0 Å². The normalized spacial score (nSPS) is 12.3. The largest absolute Gasteiger partial charge is 0.494 e. The van der Waals surface area contributed by atoms with Crippen molar-refractivity contribution < 1.29 is 4.74 Å². The molecule has 0 aliphatic carbocycles. The molecular formula is C21H37NO. The Morgan fingerprint density at radius 1 is 0.826 bits per heavy atom. The lowest BCUT2D eigenvalue weighted by atomic mass is 10.0. The minimum atomic E-state index is 0.468. The summed E-state index contributed by atoms with van der Waals surface area (Å²) in [5.74, 6) is 1.00. The molecule has 0 aromatic heterocycles. The summed E-state index contributed by atoms with van der Waals surface area (Å²) in [5.41, 5.74) is 1.38. The van der Waals surface area contributed by atoms with Crippen LogP contribution < -0.4 is 10.1 Å². The van der Waals surface area contributed by atoms with Gasteiger partial charge in [0.2, 0.25) is 0 Å². The SMILES string of the molecule is CCCCCCNC(CC)c1ccc(OCCCCCC)cc1. The van der Waals surface area contributed by atoms with E-state index in [0.29, 0.717) is 6.04 Å². The van der Waals surface area contributed by atoms with Crippen molar-refractivity contribution in [3.63, 3.8) is 0 Å². The van der Waals surface area contributed by atoms with E-state index in [1.54, 1.807) is 0 Å². The maximum absolute atomic E-state index is 5.83. The molecule has 0 aliphatic rings. The summed E-state index contributed by atoms with van der Waals surface area (Å²) in [4.78, 5) is 0. The van der Waals surface area contributed by atoms with Gasteiger partial charge in [-0.05, 0) is 43.5 Å². The van der Waals surface area contributed by atoms with Crippen LogP contribution in [0, 0.1) is 0 Å². The molecule has 2 heteroatoms. The van der Waals surface area contributed by atoms with E-state index in [1.165, 1.54) is 50.5 Å². The van der Waals surface area contributed by atoms with E-state index in [4.69, 9.17) is 4.74 Å². The fourth-order valence-corrected chi connectivity index (χ4v) is 2.84. The molecule has 23 heavy (non-hydrogen) atoms. The van der Waals surface area contributed by atoms with Gasteiger partial charge in [-0.1, -0.05) is 71.4 Å². The molecule has 0 saturated heterocycles. The van der Waals surface area contributed by atoms with E-state index in [2.05, 4.69) is 50.4 Å². The van der Waals surface area contributed by atoms with Crippen molar-refractivity contribution in [1.82, 2.24) is 5.32 Å². The molecule has 1 atom stereocenters. The fraction of sp³-hybridized carbons (Fsp3) is 0.714. The van der Waals surface area contributed by atoms with Gasteiger partial charge in [0.1, 0.15) is 5.75 Å². The zero-order chi connectivity index (χ0) is 16.8. The van der Waals surface area contributed by atoms with E-state index in [9.17, 15) is 0 Å². The van der Waals surface area contributed by atoms with Crippen LogP contribution in [0.3, 0.4) is 0 Å². The molecule has 0 aliphatic heterocycles. The number of unbranched alkanes of at least 4 members (excludes halogenated alkanes) is 6. The van der Waals surface area contributed by atoms with Gasteiger partial charge in [-0.15, -0.1) is 0 Å². The van der Waals surface area contributed by atoms with Crippen LogP contribution in [0.2, 0.25) is 0 Å². The molecule has 1 aromatic carbocycles. The summed E-state index contributed by atoms with van der Waals surface area (Å²) in [7, 11) is 0. The summed E-state index contributed by atoms with van der Waals surface area (Å²) >= 11 is 0. The molecule has 2 nitrogen and oxygen atoms in total. The topological polar surface area (TPSA) is 21.3 Å². The van der Waals surface area contributed by atoms with E-state index < -0.39 is 0 Å². The third kappa shape index (κ3) is 9.00. The van der Waals surface area contributed by atoms with Crippen LogP contribution in [0.4, 0.5) is 0 Å². The second-order valence-electron chi connectivity index (χ2n) is 6.45. The third-order valence-corrected chi connectivity index (χ3v) is 4.38. The van der Waals surface area contributed by atoms with E-state index in [0.717, 1.165) is 31.7 Å². The minimum absolute atomic E-state index is 0.468. The predicted molar refractivity (Wildman–Crippen MR) is 101 cm³/mol. The van der Waals surface area contributed by atoms with E-state index in [-0.39, 0.29) is 0 Å². The number of ether oxygens (including phenoxy) is 1. The number of nitrogens with one attached hydrogen (secondary N) is 1.